The molecule has 1 N–H and O–H groups in total. The van der Waals surface area contributed by atoms with E-state index in [1.165, 1.54) is 5.56 Å². The molecule has 0 saturated heterocycles. The summed E-state index contributed by atoms with van der Waals surface area (Å²) >= 11 is 0. The molecule has 2 atom stereocenters. The molecular weight excluding hydrogens is 262 g/mol. The van der Waals surface area contributed by atoms with E-state index in [1.54, 1.807) is 7.11 Å². The molecular formula is C18H23NO2. The van der Waals surface area contributed by atoms with E-state index in [4.69, 9.17) is 9.47 Å². The number of hydrogen-bond acceptors (Lipinski definition) is 3. The maximum absolute atomic E-state index is 5.94. The van der Waals surface area contributed by atoms with Crippen LogP contribution in [0.3, 0.4) is 0 Å². The zero-order chi connectivity index (χ0) is 15.1. The Morgan fingerprint density at radius 2 is 1.52 bits per heavy atom. The van der Waals surface area contributed by atoms with E-state index in [0.717, 1.165) is 18.0 Å². The zero-order valence-electron chi connectivity index (χ0n) is 12.9. The van der Waals surface area contributed by atoms with Crippen LogP contribution in [0.5, 0.6) is 11.5 Å². The maximum atomic E-state index is 5.94. The molecule has 0 aromatic heterocycles. The molecule has 0 unspecified atom stereocenters. The lowest BCUT2D eigenvalue weighted by atomic mass is 10.1. The molecule has 0 aliphatic carbocycles. The van der Waals surface area contributed by atoms with E-state index in [1.807, 2.05) is 30.3 Å². The third-order valence-corrected chi connectivity index (χ3v) is 3.41. The topological polar surface area (TPSA) is 30.5 Å². The van der Waals surface area contributed by atoms with Crippen molar-refractivity contribution in [1.82, 2.24) is 5.32 Å². The minimum Gasteiger partial charge on any atom is -0.493 e. The van der Waals surface area contributed by atoms with Crippen molar-refractivity contribution in [2.75, 3.05) is 13.7 Å². The van der Waals surface area contributed by atoms with Gasteiger partial charge in [-0.2, -0.15) is 0 Å². The predicted octanol–water partition coefficient (Wildman–Crippen LogP) is 3.81. The molecule has 0 spiro atoms. The fraction of sp³-hybridized carbons (Fsp3) is 0.333. The SMILES string of the molecule is COc1ccccc1O[C@H](C)CN[C@@H](C)c1ccccc1. The molecule has 2 aromatic rings. The van der Waals surface area contributed by atoms with Crippen molar-refractivity contribution in [1.29, 1.82) is 0 Å². The average Bonchev–Trinajstić information content (AvgIpc) is 2.54. The second-order valence-corrected chi connectivity index (χ2v) is 5.12. The van der Waals surface area contributed by atoms with Crippen molar-refractivity contribution in [2.45, 2.75) is 26.0 Å². The molecule has 21 heavy (non-hydrogen) atoms. The van der Waals surface area contributed by atoms with Crippen molar-refractivity contribution in [3.05, 3.63) is 60.2 Å². The molecule has 0 amide bonds. The number of methoxy groups -OCH3 is 1. The van der Waals surface area contributed by atoms with Crippen LogP contribution in [0.4, 0.5) is 0 Å². The molecule has 0 aliphatic rings. The Kier molecular flexibility index (Phi) is 5.64. The van der Waals surface area contributed by atoms with Gasteiger partial charge in [0.2, 0.25) is 0 Å². The Hall–Kier alpha value is -2.00. The van der Waals surface area contributed by atoms with E-state index in [2.05, 4.69) is 43.4 Å². The smallest absolute Gasteiger partial charge is 0.161 e. The van der Waals surface area contributed by atoms with Crippen LogP contribution in [-0.2, 0) is 0 Å². The highest BCUT2D eigenvalue weighted by molar-refractivity contribution is 5.39. The second kappa shape index (κ2) is 7.70. The Bertz CT molecular complexity index is 542. The largest absolute Gasteiger partial charge is 0.493 e. The summed E-state index contributed by atoms with van der Waals surface area (Å²) in [6.45, 7) is 4.98. The summed E-state index contributed by atoms with van der Waals surface area (Å²) in [5.74, 6) is 1.54. The van der Waals surface area contributed by atoms with Crippen LogP contribution in [-0.4, -0.2) is 19.8 Å². The first kappa shape index (κ1) is 15.4. The summed E-state index contributed by atoms with van der Waals surface area (Å²) < 4.78 is 11.2. The number of rotatable bonds is 7. The quantitative estimate of drug-likeness (QED) is 0.839. The first-order valence-electron chi connectivity index (χ1n) is 7.28. The van der Waals surface area contributed by atoms with Crippen LogP contribution in [0, 0.1) is 0 Å². The summed E-state index contributed by atoms with van der Waals surface area (Å²) in [6.07, 6.45) is 0.0625. The van der Waals surface area contributed by atoms with Gasteiger partial charge in [0.25, 0.3) is 0 Å². The lowest BCUT2D eigenvalue weighted by Gasteiger charge is -2.20. The molecule has 0 heterocycles. The van der Waals surface area contributed by atoms with Gasteiger partial charge >= 0.3 is 0 Å². The van der Waals surface area contributed by atoms with Gasteiger partial charge in [0.05, 0.1) is 7.11 Å². The third kappa shape index (κ3) is 4.50. The van der Waals surface area contributed by atoms with Crippen LogP contribution in [0.1, 0.15) is 25.5 Å². The van der Waals surface area contributed by atoms with Gasteiger partial charge in [0, 0.05) is 12.6 Å². The van der Waals surface area contributed by atoms with E-state index < -0.39 is 0 Å². The molecule has 112 valence electrons. The standard InChI is InChI=1S/C18H23NO2/c1-14(21-18-12-8-7-11-17(18)20-3)13-19-15(2)16-9-5-4-6-10-16/h4-12,14-15,19H,13H2,1-3H3/t14-,15+/m1/s1. The minimum absolute atomic E-state index is 0.0625. The summed E-state index contributed by atoms with van der Waals surface area (Å²) in [5.41, 5.74) is 1.28. The number of para-hydroxylation sites is 2. The van der Waals surface area contributed by atoms with E-state index >= 15 is 0 Å². The molecule has 0 aliphatic heterocycles. The summed E-state index contributed by atoms with van der Waals surface area (Å²) in [7, 11) is 1.66. The third-order valence-electron chi connectivity index (χ3n) is 3.41. The number of benzene rings is 2. The second-order valence-electron chi connectivity index (χ2n) is 5.12. The molecule has 3 heteroatoms. The number of ether oxygens (including phenoxy) is 2. The van der Waals surface area contributed by atoms with Gasteiger partial charge in [-0.25, -0.2) is 0 Å². The Labute approximate surface area is 126 Å². The highest BCUT2D eigenvalue weighted by atomic mass is 16.5. The van der Waals surface area contributed by atoms with Crippen molar-refractivity contribution in [2.24, 2.45) is 0 Å². The fourth-order valence-corrected chi connectivity index (χ4v) is 2.18. The van der Waals surface area contributed by atoms with Crippen LogP contribution in [0.25, 0.3) is 0 Å². The molecule has 2 aromatic carbocycles. The Balaban J connectivity index is 1.86. The fourth-order valence-electron chi connectivity index (χ4n) is 2.18. The van der Waals surface area contributed by atoms with Gasteiger partial charge in [-0.3, -0.25) is 0 Å². The molecule has 3 nitrogen and oxygen atoms in total. The molecule has 0 bridgehead atoms. The highest BCUT2D eigenvalue weighted by Gasteiger charge is 2.10. The van der Waals surface area contributed by atoms with Gasteiger partial charge in [-0.05, 0) is 31.5 Å². The lowest BCUT2D eigenvalue weighted by molar-refractivity contribution is 0.203. The van der Waals surface area contributed by atoms with Crippen LogP contribution < -0.4 is 14.8 Å². The highest BCUT2D eigenvalue weighted by Crippen LogP contribution is 2.26. The first-order valence-corrected chi connectivity index (χ1v) is 7.28. The van der Waals surface area contributed by atoms with E-state index in [0.29, 0.717) is 6.04 Å². The lowest BCUT2D eigenvalue weighted by Crippen LogP contribution is -2.31. The first-order chi connectivity index (χ1) is 10.2. The van der Waals surface area contributed by atoms with E-state index in [-0.39, 0.29) is 6.10 Å². The van der Waals surface area contributed by atoms with Gasteiger partial charge < -0.3 is 14.8 Å². The van der Waals surface area contributed by atoms with Gasteiger partial charge in [-0.1, -0.05) is 42.5 Å². The van der Waals surface area contributed by atoms with Crippen LogP contribution >= 0.6 is 0 Å². The molecule has 0 fully saturated rings. The van der Waals surface area contributed by atoms with Gasteiger partial charge in [0.15, 0.2) is 11.5 Å². The predicted molar refractivity (Wildman–Crippen MR) is 85.9 cm³/mol. The Morgan fingerprint density at radius 3 is 2.19 bits per heavy atom. The summed E-state index contributed by atoms with van der Waals surface area (Å²) in [4.78, 5) is 0. The van der Waals surface area contributed by atoms with Crippen molar-refractivity contribution >= 4 is 0 Å². The number of nitrogens with one attached hydrogen (secondary N) is 1. The summed E-state index contributed by atoms with van der Waals surface area (Å²) in [5, 5.41) is 3.49. The normalized spacial score (nSPS) is 13.5. The van der Waals surface area contributed by atoms with Crippen molar-refractivity contribution < 1.29 is 9.47 Å². The maximum Gasteiger partial charge on any atom is 0.161 e. The minimum atomic E-state index is 0.0625. The monoisotopic (exact) mass is 285 g/mol. The molecule has 0 radical (unpaired) electrons. The van der Waals surface area contributed by atoms with Gasteiger partial charge in [0.1, 0.15) is 6.10 Å². The zero-order valence-corrected chi connectivity index (χ0v) is 12.9. The summed E-state index contributed by atoms with van der Waals surface area (Å²) in [6, 6.07) is 18.4. The Morgan fingerprint density at radius 1 is 0.905 bits per heavy atom. The van der Waals surface area contributed by atoms with Crippen molar-refractivity contribution in [3.63, 3.8) is 0 Å². The van der Waals surface area contributed by atoms with Crippen molar-refractivity contribution in [3.8, 4) is 11.5 Å². The molecule has 2 rings (SSSR count). The van der Waals surface area contributed by atoms with Crippen LogP contribution in [0.2, 0.25) is 0 Å². The average molecular weight is 285 g/mol. The van der Waals surface area contributed by atoms with E-state index in [9.17, 15) is 0 Å². The van der Waals surface area contributed by atoms with Crippen LogP contribution in [0.15, 0.2) is 54.6 Å². The number of hydrogen-bond donors (Lipinski definition) is 1. The van der Waals surface area contributed by atoms with Gasteiger partial charge in [-0.15, -0.1) is 0 Å². The molecule has 0 saturated carbocycles.